The first-order valence-corrected chi connectivity index (χ1v) is 5.92. The van der Waals surface area contributed by atoms with Crippen LogP contribution in [0.2, 0.25) is 0 Å². The van der Waals surface area contributed by atoms with Crippen molar-refractivity contribution in [1.29, 1.82) is 5.26 Å². The van der Waals surface area contributed by atoms with Crippen molar-refractivity contribution in [3.8, 4) is 6.07 Å². The number of halogens is 2. The first-order chi connectivity index (χ1) is 10.0. The average molecular weight is 288 g/mol. The number of carbonyl (C=O) groups excluding carboxylic acids is 1. The highest BCUT2D eigenvalue weighted by Gasteiger charge is 2.11. The third kappa shape index (κ3) is 3.34. The summed E-state index contributed by atoms with van der Waals surface area (Å²) in [5.74, 6) is -2.09. The second kappa shape index (κ2) is 6.01. The zero-order valence-corrected chi connectivity index (χ0v) is 10.8. The van der Waals surface area contributed by atoms with Crippen LogP contribution in [-0.4, -0.2) is 5.97 Å². The average Bonchev–Trinajstić information content (AvgIpc) is 2.48. The summed E-state index contributed by atoms with van der Waals surface area (Å²) >= 11 is 0. The summed E-state index contributed by atoms with van der Waals surface area (Å²) in [6, 6.07) is 9.06. The molecule has 0 aromatic heterocycles. The van der Waals surface area contributed by atoms with Gasteiger partial charge < -0.3 is 10.5 Å². The van der Waals surface area contributed by atoms with Gasteiger partial charge in [-0.2, -0.15) is 5.26 Å². The Kier molecular flexibility index (Phi) is 4.14. The standard InChI is InChI=1S/C15H10F2N2O2/c16-12-3-1-9(5-11(12)7-18)8-21-15(20)10-2-4-14(19)13(17)6-10/h1-6H,8,19H2. The number of nitrogens with two attached hydrogens (primary N) is 1. The van der Waals surface area contributed by atoms with Gasteiger partial charge in [0.15, 0.2) is 0 Å². The molecular formula is C15H10F2N2O2. The van der Waals surface area contributed by atoms with E-state index in [4.69, 9.17) is 15.7 Å². The van der Waals surface area contributed by atoms with Crippen molar-refractivity contribution in [2.75, 3.05) is 5.73 Å². The number of esters is 1. The molecule has 0 unspecified atom stereocenters. The van der Waals surface area contributed by atoms with Crippen molar-refractivity contribution in [2.45, 2.75) is 6.61 Å². The van der Waals surface area contributed by atoms with E-state index in [0.29, 0.717) is 5.56 Å². The lowest BCUT2D eigenvalue weighted by molar-refractivity contribution is 0.0472. The summed E-state index contributed by atoms with van der Waals surface area (Å²) in [6.07, 6.45) is 0. The number of carbonyl (C=O) groups is 1. The third-order valence-electron chi connectivity index (χ3n) is 2.76. The van der Waals surface area contributed by atoms with Gasteiger partial charge in [0.1, 0.15) is 24.3 Å². The van der Waals surface area contributed by atoms with Crippen molar-refractivity contribution in [2.24, 2.45) is 0 Å². The molecule has 0 spiro atoms. The number of nitrogens with zero attached hydrogens (tertiary/aromatic N) is 1. The van der Waals surface area contributed by atoms with Crippen molar-refractivity contribution < 1.29 is 18.3 Å². The zero-order chi connectivity index (χ0) is 15.4. The maximum Gasteiger partial charge on any atom is 0.338 e. The number of nitriles is 1. The van der Waals surface area contributed by atoms with Crippen LogP contribution in [0.25, 0.3) is 0 Å². The van der Waals surface area contributed by atoms with Gasteiger partial charge in [0, 0.05) is 0 Å². The van der Waals surface area contributed by atoms with E-state index in [9.17, 15) is 13.6 Å². The Labute approximate surface area is 119 Å². The molecule has 6 heteroatoms. The Morgan fingerprint density at radius 3 is 2.62 bits per heavy atom. The van der Waals surface area contributed by atoms with Gasteiger partial charge in [-0.05, 0) is 35.9 Å². The number of hydrogen-bond donors (Lipinski definition) is 1. The van der Waals surface area contributed by atoms with Crippen LogP contribution in [0.4, 0.5) is 14.5 Å². The van der Waals surface area contributed by atoms with E-state index in [1.807, 2.05) is 0 Å². The van der Waals surface area contributed by atoms with E-state index < -0.39 is 17.6 Å². The second-order valence-electron chi connectivity index (χ2n) is 4.24. The predicted molar refractivity (Wildman–Crippen MR) is 71.0 cm³/mol. The molecule has 0 amide bonds. The fourth-order valence-corrected chi connectivity index (χ4v) is 1.63. The number of anilines is 1. The van der Waals surface area contributed by atoms with Crippen LogP contribution in [0.3, 0.4) is 0 Å². The first kappa shape index (κ1) is 14.5. The molecule has 21 heavy (non-hydrogen) atoms. The number of ether oxygens (including phenoxy) is 1. The van der Waals surface area contributed by atoms with Gasteiger partial charge >= 0.3 is 5.97 Å². The highest BCUT2D eigenvalue weighted by molar-refractivity contribution is 5.89. The SMILES string of the molecule is N#Cc1cc(COC(=O)c2ccc(N)c(F)c2)ccc1F. The van der Waals surface area contributed by atoms with Gasteiger partial charge in [-0.3, -0.25) is 0 Å². The maximum absolute atomic E-state index is 13.2. The molecular weight excluding hydrogens is 278 g/mol. The summed E-state index contributed by atoms with van der Waals surface area (Å²) in [7, 11) is 0. The van der Waals surface area contributed by atoms with Gasteiger partial charge in [-0.15, -0.1) is 0 Å². The molecule has 0 aliphatic rings. The first-order valence-electron chi connectivity index (χ1n) is 5.92. The molecule has 2 aromatic rings. The minimum absolute atomic E-state index is 0.0179. The van der Waals surface area contributed by atoms with Gasteiger partial charge in [0.25, 0.3) is 0 Å². The quantitative estimate of drug-likeness (QED) is 0.696. The van der Waals surface area contributed by atoms with E-state index in [-0.39, 0.29) is 23.4 Å². The van der Waals surface area contributed by atoms with Crippen molar-refractivity contribution >= 4 is 11.7 Å². The lowest BCUT2D eigenvalue weighted by Crippen LogP contribution is -2.06. The van der Waals surface area contributed by atoms with Gasteiger partial charge in [0.05, 0.1) is 16.8 Å². The smallest absolute Gasteiger partial charge is 0.338 e. The normalized spacial score (nSPS) is 9.95. The number of rotatable bonds is 3. The van der Waals surface area contributed by atoms with Crippen LogP contribution in [0.1, 0.15) is 21.5 Å². The van der Waals surface area contributed by atoms with E-state index in [1.165, 1.54) is 24.3 Å². The van der Waals surface area contributed by atoms with Gasteiger partial charge in [-0.1, -0.05) is 6.07 Å². The molecule has 106 valence electrons. The lowest BCUT2D eigenvalue weighted by atomic mass is 10.1. The molecule has 2 rings (SSSR count). The van der Waals surface area contributed by atoms with Crippen LogP contribution >= 0.6 is 0 Å². The molecule has 0 fully saturated rings. The fourth-order valence-electron chi connectivity index (χ4n) is 1.63. The second-order valence-corrected chi connectivity index (χ2v) is 4.24. The Morgan fingerprint density at radius 2 is 1.95 bits per heavy atom. The van der Waals surface area contributed by atoms with Crippen LogP contribution in [0.5, 0.6) is 0 Å². The maximum atomic E-state index is 13.2. The fraction of sp³-hybridized carbons (Fsp3) is 0.0667. The minimum Gasteiger partial charge on any atom is -0.457 e. The number of benzene rings is 2. The molecule has 0 aliphatic carbocycles. The molecule has 4 nitrogen and oxygen atoms in total. The third-order valence-corrected chi connectivity index (χ3v) is 2.76. The van der Waals surface area contributed by atoms with Crippen LogP contribution in [0, 0.1) is 23.0 Å². The Balaban J connectivity index is 2.07. The number of hydrogen-bond acceptors (Lipinski definition) is 4. The molecule has 0 radical (unpaired) electrons. The molecule has 0 bridgehead atoms. The highest BCUT2D eigenvalue weighted by Crippen LogP contribution is 2.15. The molecule has 0 aliphatic heterocycles. The zero-order valence-electron chi connectivity index (χ0n) is 10.8. The Hall–Kier alpha value is -2.94. The molecule has 0 heterocycles. The molecule has 2 N–H and O–H groups in total. The largest absolute Gasteiger partial charge is 0.457 e. The summed E-state index contributed by atoms with van der Waals surface area (Å²) in [5, 5.41) is 8.70. The van der Waals surface area contributed by atoms with E-state index in [1.54, 1.807) is 6.07 Å². The van der Waals surface area contributed by atoms with Crippen LogP contribution < -0.4 is 5.73 Å². The topological polar surface area (TPSA) is 76.1 Å². The van der Waals surface area contributed by atoms with E-state index in [2.05, 4.69) is 0 Å². The van der Waals surface area contributed by atoms with Crippen LogP contribution in [-0.2, 0) is 11.3 Å². The summed E-state index contributed by atoms with van der Waals surface area (Å²) in [6.45, 7) is -0.153. The summed E-state index contributed by atoms with van der Waals surface area (Å²) < 4.78 is 31.3. The highest BCUT2D eigenvalue weighted by atomic mass is 19.1. The molecule has 0 atom stereocenters. The minimum atomic E-state index is -0.739. The van der Waals surface area contributed by atoms with Crippen molar-refractivity contribution in [1.82, 2.24) is 0 Å². The van der Waals surface area contributed by atoms with E-state index in [0.717, 1.165) is 12.1 Å². The van der Waals surface area contributed by atoms with Crippen LogP contribution in [0.15, 0.2) is 36.4 Å². The summed E-state index contributed by atoms with van der Waals surface area (Å²) in [5.41, 5.74) is 5.58. The number of nitrogen functional groups attached to an aromatic ring is 1. The van der Waals surface area contributed by atoms with Crippen molar-refractivity contribution in [3.05, 3.63) is 64.7 Å². The molecule has 0 saturated heterocycles. The molecule has 2 aromatic carbocycles. The Bertz CT molecular complexity index is 739. The predicted octanol–water partition coefficient (Wildman–Crippen LogP) is 2.78. The van der Waals surface area contributed by atoms with Gasteiger partial charge in [-0.25, -0.2) is 13.6 Å². The van der Waals surface area contributed by atoms with Crippen molar-refractivity contribution in [3.63, 3.8) is 0 Å². The lowest BCUT2D eigenvalue weighted by Gasteiger charge is -2.06. The Morgan fingerprint density at radius 1 is 1.19 bits per heavy atom. The summed E-state index contributed by atoms with van der Waals surface area (Å²) in [4.78, 5) is 11.7. The van der Waals surface area contributed by atoms with E-state index >= 15 is 0 Å². The van der Waals surface area contributed by atoms with Gasteiger partial charge in [0.2, 0.25) is 0 Å². The monoisotopic (exact) mass is 288 g/mol. The molecule has 0 saturated carbocycles.